The first-order chi connectivity index (χ1) is 5.07. The third-order valence-corrected chi connectivity index (χ3v) is 2.87. The molecule has 0 spiro atoms. The van der Waals surface area contributed by atoms with Crippen LogP contribution < -0.4 is 0 Å². The highest BCUT2D eigenvalue weighted by atomic mass is 15.4. The number of rotatable bonds is 3. The molecule has 1 unspecified atom stereocenters. The smallest absolute Gasteiger partial charge is 0.0522 e. The molecule has 1 heterocycles. The Morgan fingerprint density at radius 1 is 1.64 bits per heavy atom. The Labute approximate surface area is 70.1 Å². The lowest BCUT2D eigenvalue weighted by Gasteiger charge is -2.02. The average molecular weight is 153 g/mol. The molecule has 1 rings (SSSR count). The summed E-state index contributed by atoms with van der Waals surface area (Å²) >= 11 is 0. The van der Waals surface area contributed by atoms with Crippen molar-refractivity contribution in [3.05, 3.63) is 12.7 Å². The molecule has 0 aromatic heterocycles. The maximum absolute atomic E-state index is 3.88. The lowest BCUT2D eigenvalue weighted by Crippen LogP contribution is -2.10. The minimum atomic E-state index is 0.295. The van der Waals surface area contributed by atoms with Gasteiger partial charge in [-0.3, -0.25) is 4.90 Å². The van der Waals surface area contributed by atoms with Crippen LogP contribution in [-0.2, 0) is 0 Å². The zero-order chi connectivity index (χ0) is 8.65. The van der Waals surface area contributed by atoms with Crippen molar-refractivity contribution >= 4 is 0 Å². The van der Waals surface area contributed by atoms with E-state index in [9.17, 15) is 0 Å². The first kappa shape index (κ1) is 8.79. The second-order valence-corrected chi connectivity index (χ2v) is 3.90. The molecule has 0 bridgehead atoms. The van der Waals surface area contributed by atoms with Crippen LogP contribution in [-0.4, -0.2) is 23.0 Å². The zero-order valence-electron chi connectivity index (χ0n) is 8.09. The largest absolute Gasteiger partial charge is 0.288 e. The van der Waals surface area contributed by atoms with E-state index in [1.807, 2.05) is 0 Å². The van der Waals surface area contributed by atoms with Crippen LogP contribution in [0, 0.1) is 5.92 Å². The monoisotopic (exact) mass is 153 g/mol. The molecule has 1 aliphatic heterocycles. The highest BCUT2D eigenvalue weighted by molar-refractivity contribution is 5.23. The van der Waals surface area contributed by atoms with E-state index in [0.717, 1.165) is 18.5 Å². The average Bonchev–Trinajstić information content (AvgIpc) is 2.57. The molecule has 1 fully saturated rings. The molecule has 3 atom stereocenters. The molecule has 1 aliphatic rings. The van der Waals surface area contributed by atoms with E-state index in [0.29, 0.717) is 5.54 Å². The number of hydrogen-bond donors (Lipinski definition) is 0. The van der Waals surface area contributed by atoms with Crippen LogP contribution in [0.15, 0.2) is 12.7 Å². The number of nitrogens with zero attached hydrogens (tertiary/aromatic N) is 1. The second kappa shape index (κ2) is 2.63. The van der Waals surface area contributed by atoms with Crippen LogP contribution in [0.5, 0.6) is 0 Å². The van der Waals surface area contributed by atoms with Gasteiger partial charge in [0.2, 0.25) is 0 Å². The summed E-state index contributed by atoms with van der Waals surface area (Å²) in [4.78, 5) is 2.49. The maximum atomic E-state index is 3.88. The van der Waals surface area contributed by atoms with Crippen molar-refractivity contribution in [2.75, 3.05) is 6.54 Å². The molecule has 0 radical (unpaired) electrons. The Bertz CT molecular complexity index is 162. The molecular weight excluding hydrogens is 134 g/mol. The molecule has 0 aromatic rings. The van der Waals surface area contributed by atoms with Crippen LogP contribution in [0.1, 0.15) is 27.7 Å². The fraction of sp³-hybridized carbons (Fsp3) is 0.800. The van der Waals surface area contributed by atoms with Gasteiger partial charge in [0.15, 0.2) is 0 Å². The van der Waals surface area contributed by atoms with Gasteiger partial charge in [0.1, 0.15) is 0 Å². The van der Waals surface area contributed by atoms with Gasteiger partial charge in [0, 0.05) is 6.04 Å². The van der Waals surface area contributed by atoms with E-state index in [2.05, 4.69) is 45.2 Å². The summed E-state index contributed by atoms with van der Waals surface area (Å²) in [5.41, 5.74) is 0.295. The lowest BCUT2D eigenvalue weighted by molar-refractivity contribution is 0.445. The Balaban J connectivity index is 2.66. The van der Waals surface area contributed by atoms with Crippen molar-refractivity contribution in [3.63, 3.8) is 0 Å². The van der Waals surface area contributed by atoms with Crippen LogP contribution in [0.3, 0.4) is 0 Å². The van der Waals surface area contributed by atoms with E-state index >= 15 is 0 Å². The van der Waals surface area contributed by atoms with Crippen molar-refractivity contribution < 1.29 is 0 Å². The normalized spacial score (nSPS) is 42.6. The highest BCUT2D eigenvalue weighted by Crippen LogP contribution is 2.45. The van der Waals surface area contributed by atoms with Gasteiger partial charge in [0.05, 0.1) is 5.54 Å². The fourth-order valence-corrected chi connectivity index (χ4v) is 2.31. The maximum Gasteiger partial charge on any atom is 0.0522 e. The van der Waals surface area contributed by atoms with Crippen LogP contribution in [0.25, 0.3) is 0 Å². The van der Waals surface area contributed by atoms with Crippen LogP contribution >= 0.6 is 0 Å². The Morgan fingerprint density at radius 3 is 2.27 bits per heavy atom. The van der Waals surface area contributed by atoms with Crippen LogP contribution in [0.4, 0.5) is 0 Å². The van der Waals surface area contributed by atoms with E-state index < -0.39 is 0 Å². The molecule has 11 heavy (non-hydrogen) atoms. The first-order valence-electron chi connectivity index (χ1n) is 4.48. The fourth-order valence-electron chi connectivity index (χ4n) is 2.31. The molecule has 1 saturated heterocycles. The SMILES string of the molecule is C=C[C@]1(C)[C@H](C(C)C)N1CC. The summed E-state index contributed by atoms with van der Waals surface area (Å²) in [6.45, 7) is 14.1. The molecule has 0 aromatic carbocycles. The minimum Gasteiger partial charge on any atom is -0.288 e. The van der Waals surface area contributed by atoms with Gasteiger partial charge < -0.3 is 0 Å². The topological polar surface area (TPSA) is 3.01 Å². The quantitative estimate of drug-likeness (QED) is 0.444. The molecule has 0 amide bonds. The Hall–Kier alpha value is -0.300. The molecular formula is C10H19N. The van der Waals surface area contributed by atoms with Crippen molar-refractivity contribution in [2.24, 2.45) is 5.92 Å². The van der Waals surface area contributed by atoms with Gasteiger partial charge in [-0.25, -0.2) is 0 Å². The van der Waals surface area contributed by atoms with Crippen LogP contribution in [0.2, 0.25) is 0 Å². The standard InChI is InChI=1S/C10H19N/c1-6-10(5)9(8(3)4)11(10)7-2/h6,8-9H,1,7H2,2-5H3/t9-,10+,11?/m0/s1. The van der Waals surface area contributed by atoms with Gasteiger partial charge in [0.25, 0.3) is 0 Å². The van der Waals surface area contributed by atoms with Gasteiger partial charge in [-0.05, 0) is 19.4 Å². The van der Waals surface area contributed by atoms with Gasteiger partial charge in [-0.15, -0.1) is 6.58 Å². The van der Waals surface area contributed by atoms with E-state index in [1.54, 1.807) is 0 Å². The Morgan fingerprint density at radius 2 is 2.18 bits per heavy atom. The van der Waals surface area contributed by atoms with E-state index in [1.165, 1.54) is 0 Å². The summed E-state index contributed by atoms with van der Waals surface area (Å²) in [6.07, 6.45) is 2.08. The van der Waals surface area contributed by atoms with Crippen molar-refractivity contribution in [1.29, 1.82) is 0 Å². The molecule has 1 nitrogen and oxygen atoms in total. The summed E-state index contributed by atoms with van der Waals surface area (Å²) in [5, 5.41) is 0. The van der Waals surface area contributed by atoms with Gasteiger partial charge in [-0.2, -0.15) is 0 Å². The molecule has 0 saturated carbocycles. The third-order valence-electron chi connectivity index (χ3n) is 2.87. The van der Waals surface area contributed by atoms with E-state index in [-0.39, 0.29) is 0 Å². The summed E-state index contributed by atoms with van der Waals surface area (Å²) in [7, 11) is 0. The zero-order valence-corrected chi connectivity index (χ0v) is 8.09. The minimum absolute atomic E-state index is 0.295. The molecule has 0 N–H and O–H groups in total. The predicted octanol–water partition coefficient (Wildman–Crippen LogP) is 2.29. The first-order valence-corrected chi connectivity index (χ1v) is 4.48. The second-order valence-electron chi connectivity index (χ2n) is 3.90. The molecule has 0 aliphatic carbocycles. The Kier molecular flexibility index (Phi) is 2.10. The summed E-state index contributed by atoms with van der Waals surface area (Å²) < 4.78 is 0. The van der Waals surface area contributed by atoms with Gasteiger partial charge in [-0.1, -0.05) is 26.8 Å². The van der Waals surface area contributed by atoms with Crippen molar-refractivity contribution in [2.45, 2.75) is 39.3 Å². The number of hydrogen-bond acceptors (Lipinski definition) is 1. The summed E-state index contributed by atoms with van der Waals surface area (Å²) in [6, 6.07) is 0.727. The lowest BCUT2D eigenvalue weighted by atomic mass is 9.99. The molecule has 64 valence electrons. The number of likely N-dealkylation sites (N-methyl/N-ethyl adjacent to an activating group) is 1. The van der Waals surface area contributed by atoms with Crippen molar-refractivity contribution in [1.82, 2.24) is 4.90 Å². The third kappa shape index (κ3) is 1.12. The molecule has 1 heteroatoms. The summed E-state index contributed by atoms with van der Waals surface area (Å²) in [5.74, 6) is 0.748. The predicted molar refractivity (Wildman–Crippen MR) is 49.6 cm³/mol. The highest BCUT2D eigenvalue weighted by Gasteiger charge is 2.56. The van der Waals surface area contributed by atoms with Crippen molar-refractivity contribution in [3.8, 4) is 0 Å². The van der Waals surface area contributed by atoms with Gasteiger partial charge >= 0.3 is 0 Å². The van der Waals surface area contributed by atoms with E-state index in [4.69, 9.17) is 0 Å².